The van der Waals surface area contributed by atoms with Gasteiger partial charge in [-0.05, 0) is 49.4 Å². The lowest BCUT2D eigenvalue weighted by Crippen LogP contribution is -2.43. The van der Waals surface area contributed by atoms with Crippen molar-refractivity contribution in [3.8, 4) is 6.07 Å². The first-order valence-electron chi connectivity index (χ1n) is 7.05. The second kappa shape index (κ2) is 5.32. The Labute approximate surface area is 114 Å². The number of hydrogen-bond acceptors (Lipinski definition) is 3. The third-order valence-corrected chi connectivity index (χ3v) is 4.43. The molecule has 0 N–H and O–H groups in total. The molecule has 1 heterocycles. The molecule has 100 valence electrons. The predicted molar refractivity (Wildman–Crippen MR) is 73.4 cm³/mol. The normalized spacial score (nSPS) is 30.2. The number of piperidine rings is 1. The van der Waals surface area contributed by atoms with Gasteiger partial charge in [0, 0.05) is 13.1 Å². The van der Waals surface area contributed by atoms with E-state index in [-0.39, 0.29) is 0 Å². The molecule has 2 fully saturated rings. The van der Waals surface area contributed by atoms with Crippen molar-refractivity contribution >= 4 is 0 Å². The molecule has 1 aliphatic carbocycles. The minimum Gasteiger partial charge on any atom is -0.373 e. The molecule has 0 spiro atoms. The number of fused-ring (bicyclic) bond motifs is 2. The first-order valence-corrected chi connectivity index (χ1v) is 7.05. The average molecular weight is 256 g/mol. The Morgan fingerprint density at radius 1 is 1.32 bits per heavy atom. The van der Waals surface area contributed by atoms with E-state index in [1.165, 1.54) is 25.9 Å². The fourth-order valence-corrected chi connectivity index (χ4v) is 3.60. The summed E-state index contributed by atoms with van der Waals surface area (Å²) in [5, 5.41) is 8.91. The highest BCUT2D eigenvalue weighted by atomic mass is 16.5. The van der Waals surface area contributed by atoms with Gasteiger partial charge in [-0.15, -0.1) is 0 Å². The van der Waals surface area contributed by atoms with Crippen molar-refractivity contribution in [1.82, 2.24) is 4.90 Å². The maximum atomic E-state index is 8.91. The Kier molecular flexibility index (Phi) is 3.54. The van der Waals surface area contributed by atoms with Crippen LogP contribution in [0.5, 0.6) is 0 Å². The lowest BCUT2D eigenvalue weighted by Gasteiger charge is -2.35. The maximum absolute atomic E-state index is 8.91. The zero-order chi connectivity index (χ0) is 13.2. The van der Waals surface area contributed by atoms with Crippen LogP contribution in [0.3, 0.4) is 0 Å². The van der Waals surface area contributed by atoms with Gasteiger partial charge in [0.05, 0.1) is 24.3 Å². The third kappa shape index (κ3) is 2.65. The van der Waals surface area contributed by atoms with Gasteiger partial charge in [-0.3, -0.25) is 0 Å². The van der Waals surface area contributed by atoms with Crippen molar-refractivity contribution < 1.29 is 4.74 Å². The maximum Gasteiger partial charge on any atom is 0.0991 e. The number of hydrogen-bond donors (Lipinski definition) is 0. The second-order valence-corrected chi connectivity index (χ2v) is 5.91. The molecule has 2 bridgehead atoms. The molecule has 1 aromatic carbocycles. The summed E-state index contributed by atoms with van der Waals surface area (Å²) in [5.74, 6) is 1.39. The Bertz CT molecular complexity index is 480. The number of rotatable bonds is 3. The summed E-state index contributed by atoms with van der Waals surface area (Å²) < 4.78 is 6.17. The van der Waals surface area contributed by atoms with E-state index in [9.17, 15) is 0 Å². The molecule has 1 saturated carbocycles. The molecule has 3 rings (SSSR count). The molecule has 1 saturated heterocycles. The zero-order valence-corrected chi connectivity index (χ0v) is 11.4. The highest BCUT2D eigenvalue weighted by Gasteiger charge is 2.41. The monoisotopic (exact) mass is 256 g/mol. The first kappa shape index (κ1) is 12.7. The molecule has 1 aromatic rings. The van der Waals surface area contributed by atoms with Gasteiger partial charge in [0.2, 0.25) is 0 Å². The number of ether oxygens (including phenoxy) is 1. The van der Waals surface area contributed by atoms with Crippen LogP contribution in [0.25, 0.3) is 0 Å². The molecular formula is C16H20N2O. The average Bonchev–Trinajstić information content (AvgIpc) is 2.67. The Morgan fingerprint density at radius 3 is 2.74 bits per heavy atom. The Hall–Kier alpha value is -1.37. The fraction of sp³-hybridized carbons (Fsp3) is 0.562. The SMILES string of the molecule is CN1C[C@H]2CC[C@@H](C1)C2OCc1cccc(C#N)c1. The largest absolute Gasteiger partial charge is 0.373 e. The Morgan fingerprint density at radius 2 is 2.05 bits per heavy atom. The smallest absolute Gasteiger partial charge is 0.0991 e. The molecule has 3 nitrogen and oxygen atoms in total. The van der Waals surface area contributed by atoms with E-state index in [1.807, 2.05) is 24.3 Å². The summed E-state index contributed by atoms with van der Waals surface area (Å²) in [7, 11) is 2.21. The van der Waals surface area contributed by atoms with Crippen LogP contribution < -0.4 is 0 Å². The minimum atomic E-state index is 0.418. The van der Waals surface area contributed by atoms with E-state index in [0.29, 0.717) is 30.1 Å². The summed E-state index contributed by atoms with van der Waals surface area (Å²) in [6.07, 6.45) is 3.03. The van der Waals surface area contributed by atoms with Gasteiger partial charge in [-0.1, -0.05) is 12.1 Å². The van der Waals surface area contributed by atoms with Crippen molar-refractivity contribution in [1.29, 1.82) is 5.26 Å². The molecule has 0 aromatic heterocycles. The third-order valence-electron chi connectivity index (χ3n) is 4.43. The highest BCUT2D eigenvalue weighted by Crippen LogP contribution is 2.38. The van der Waals surface area contributed by atoms with Gasteiger partial charge in [0.1, 0.15) is 0 Å². The van der Waals surface area contributed by atoms with Gasteiger partial charge in [-0.2, -0.15) is 5.26 Å². The lowest BCUT2D eigenvalue weighted by molar-refractivity contribution is -0.0460. The van der Waals surface area contributed by atoms with Crippen LogP contribution >= 0.6 is 0 Å². The van der Waals surface area contributed by atoms with Crippen molar-refractivity contribution in [3.05, 3.63) is 35.4 Å². The van der Waals surface area contributed by atoms with Crippen LogP contribution in [0.15, 0.2) is 24.3 Å². The van der Waals surface area contributed by atoms with Gasteiger partial charge < -0.3 is 9.64 Å². The van der Waals surface area contributed by atoms with E-state index in [0.717, 1.165) is 5.56 Å². The summed E-state index contributed by atoms with van der Waals surface area (Å²) in [4.78, 5) is 2.43. The zero-order valence-electron chi connectivity index (χ0n) is 11.4. The standard InChI is InChI=1S/C16H20N2O/c1-18-9-14-5-6-15(10-18)16(14)19-11-13-4-2-3-12(7-13)8-17/h2-4,7,14-16H,5-6,9-11H2,1H3/t14-,15+,16?. The summed E-state index contributed by atoms with van der Waals surface area (Å²) >= 11 is 0. The summed E-state index contributed by atoms with van der Waals surface area (Å²) in [5.41, 5.74) is 1.82. The topological polar surface area (TPSA) is 36.3 Å². The van der Waals surface area contributed by atoms with Crippen LogP contribution in [-0.4, -0.2) is 31.1 Å². The number of likely N-dealkylation sites (tertiary alicyclic amines) is 1. The van der Waals surface area contributed by atoms with Crippen LogP contribution in [0.1, 0.15) is 24.0 Å². The van der Waals surface area contributed by atoms with E-state index in [4.69, 9.17) is 10.00 Å². The molecule has 3 heteroatoms. The molecule has 1 unspecified atom stereocenters. The number of nitriles is 1. The first-order chi connectivity index (χ1) is 9.26. The van der Waals surface area contributed by atoms with Crippen molar-refractivity contribution in [2.75, 3.05) is 20.1 Å². The molecule has 19 heavy (non-hydrogen) atoms. The van der Waals surface area contributed by atoms with E-state index in [2.05, 4.69) is 18.0 Å². The van der Waals surface area contributed by atoms with Crippen molar-refractivity contribution in [2.45, 2.75) is 25.6 Å². The predicted octanol–water partition coefficient (Wildman–Crippen LogP) is 2.42. The molecule has 0 radical (unpaired) electrons. The quantitative estimate of drug-likeness (QED) is 0.833. The molecule has 1 aliphatic heterocycles. The minimum absolute atomic E-state index is 0.418. The van der Waals surface area contributed by atoms with E-state index in [1.54, 1.807) is 0 Å². The molecular weight excluding hydrogens is 236 g/mol. The van der Waals surface area contributed by atoms with Gasteiger partial charge >= 0.3 is 0 Å². The van der Waals surface area contributed by atoms with E-state index < -0.39 is 0 Å². The summed E-state index contributed by atoms with van der Waals surface area (Å²) in [6, 6.07) is 9.91. The van der Waals surface area contributed by atoms with E-state index >= 15 is 0 Å². The van der Waals surface area contributed by atoms with Crippen LogP contribution in [-0.2, 0) is 11.3 Å². The van der Waals surface area contributed by atoms with Gasteiger partial charge in [0.25, 0.3) is 0 Å². The number of nitrogens with zero attached hydrogens (tertiary/aromatic N) is 2. The molecule has 0 amide bonds. The highest BCUT2D eigenvalue weighted by molar-refractivity contribution is 5.32. The van der Waals surface area contributed by atoms with Gasteiger partial charge in [0.15, 0.2) is 0 Å². The van der Waals surface area contributed by atoms with Crippen molar-refractivity contribution in [2.24, 2.45) is 11.8 Å². The van der Waals surface area contributed by atoms with Crippen LogP contribution in [0.2, 0.25) is 0 Å². The molecule has 3 atom stereocenters. The van der Waals surface area contributed by atoms with Crippen LogP contribution in [0.4, 0.5) is 0 Å². The second-order valence-electron chi connectivity index (χ2n) is 5.91. The molecule has 2 aliphatic rings. The lowest BCUT2D eigenvalue weighted by atomic mass is 9.95. The summed E-state index contributed by atoms with van der Waals surface area (Å²) in [6.45, 7) is 2.97. The fourth-order valence-electron chi connectivity index (χ4n) is 3.60. The van der Waals surface area contributed by atoms with Gasteiger partial charge in [-0.25, -0.2) is 0 Å². The van der Waals surface area contributed by atoms with Crippen molar-refractivity contribution in [3.63, 3.8) is 0 Å². The number of benzene rings is 1. The van der Waals surface area contributed by atoms with Crippen LogP contribution in [0, 0.1) is 23.2 Å². The Balaban J connectivity index is 1.62.